The molecule has 0 saturated carbocycles. The van der Waals surface area contributed by atoms with E-state index in [1.165, 1.54) is 23.5 Å². The number of benzene rings is 1. The van der Waals surface area contributed by atoms with Gasteiger partial charge in [0, 0.05) is 10.7 Å². The lowest BCUT2D eigenvalue weighted by molar-refractivity contribution is 0.0925. The van der Waals surface area contributed by atoms with Crippen LogP contribution in [0.4, 0.5) is 0 Å². The molecule has 1 aromatic heterocycles. The first-order chi connectivity index (χ1) is 9.38. The number of rotatable bonds is 5. The highest BCUT2D eigenvalue weighted by Crippen LogP contribution is 2.24. The molecule has 0 spiro atoms. The van der Waals surface area contributed by atoms with Crippen molar-refractivity contribution in [2.75, 3.05) is 12.9 Å². The number of ketones is 1. The van der Waals surface area contributed by atoms with Gasteiger partial charge in [-0.1, -0.05) is 6.07 Å². The van der Waals surface area contributed by atoms with Crippen LogP contribution < -0.4 is 4.74 Å². The number of halogens is 1. The van der Waals surface area contributed by atoms with Crippen LogP contribution in [0, 0.1) is 0 Å². The predicted molar refractivity (Wildman–Crippen MR) is 81.4 cm³/mol. The molecule has 7 heteroatoms. The Morgan fingerprint density at radius 3 is 2.70 bits per heavy atom. The van der Waals surface area contributed by atoms with Crippen molar-refractivity contribution >= 4 is 42.9 Å². The molecule has 4 nitrogen and oxygen atoms in total. The van der Waals surface area contributed by atoms with E-state index >= 15 is 0 Å². The molecule has 0 fully saturated rings. The third-order valence-electron chi connectivity index (χ3n) is 2.47. The van der Waals surface area contributed by atoms with E-state index in [1.807, 2.05) is 5.38 Å². The number of Topliss-reactive ketones (excluding diaryl/α,β-unsaturated/α-hetero) is 1. The van der Waals surface area contributed by atoms with Crippen LogP contribution in [-0.2, 0) is 9.84 Å². The average Bonchev–Trinajstić information content (AvgIpc) is 2.82. The van der Waals surface area contributed by atoms with Crippen molar-refractivity contribution in [1.82, 2.24) is 0 Å². The Labute approximate surface area is 129 Å². The summed E-state index contributed by atoms with van der Waals surface area (Å²) in [4.78, 5) is 12.7. The summed E-state index contributed by atoms with van der Waals surface area (Å²) < 4.78 is 28.9. The molecule has 0 aliphatic heterocycles. The highest BCUT2D eigenvalue weighted by Gasteiger charge is 2.13. The topological polar surface area (TPSA) is 60.4 Å². The fourth-order valence-electron chi connectivity index (χ4n) is 1.50. The predicted octanol–water partition coefficient (Wildman–Crippen LogP) is 3.18. The molecule has 0 atom stereocenters. The zero-order chi connectivity index (χ0) is 14.8. The van der Waals surface area contributed by atoms with Crippen LogP contribution in [-0.4, -0.2) is 27.1 Å². The molecule has 0 N–H and O–H groups in total. The Morgan fingerprint density at radius 2 is 2.10 bits per heavy atom. The van der Waals surface area contributed by atoms with Gasteiger partial charge < -0.3 is 4.74 Å². The summed E-state index contributed by atoms with van der Waals surface area (Å²) in [5.74, 6) is 0.200. The first-order valence-corrected chi connectivity index (χ1v) is 9.13. The normalized spacial score (nSPS) is 11.3. The molecule has 106 valence electrons. The van der Waals surface area contributed by atoms with Crippen molar-refractivity contribution in [2.45, 2.75) is 4.90 Å². The molecule has 0 aliphatic carbocycles. The molecule has 0 bridgehead atoms. The molecule has 0 unspecified atom stereocenters. The third kappa shape index (κ3) is 3.68. The van der Waals surface area contributed by atoms with E-state index in [9.17, 15) is 13.2 Å². The molecule has 2 aromatic rings. The number of hydrogen-bond acceptors (Lipinski definition) is 5. The minimum Gasteiger partial charge on any atom is -0.485 e. The SMILES string of the molecule is CS(=O)(=O)c1cccc(OCC(=O)c2sccc2Br)c1. The van der Waals surface area contributed by atoms with Gasteiger partial charge in [-0.15, -0.1) is 11.3 Å². The van der Waals surface area contributed by atoms with Crippen molar-refractivity contribution in [3.8, 4) is 5.75 Å². The van der Waals surface area contributed by atoms with Crippen LogP contribution in [0.1, 0.15) is 9.67 Å². The van der Waals surface area contributed by atoms with Crippen LogP contribution in [0.25, 0.3) is 0 Å². The number of sulfone groups is 1. The number of thiophene rings is 1. The average molecular weight is 375 g/mol. The quantitative estimate of drug-likeness (QED) is 0.754. The van der Waals surface area contributed by atoms with Gasteiger partial charge in [0.2, 0.25) is 5.78 Å². The lowest BCUT2D eigenvalue weighted by Gasteiger charge is -2.06. The smallest absolute Gasteiger partial charge is 0.211 e. The van der Waals surface area contributed by atoms with E-state index < -0.39 is 9.84 Å². The Hall–Kier alpha value is -1.18. The van der Waals surface area contributed by atoms with Gasteiger partial charge in [-0.2, -0.15) is 0 Å². The standard InChI is InChI=1S/C13H11BrO4S2/c1-20(16,17)10-4-2-3-9(7-10)18-8-12(15)13-11(14)5-6-19-13/h2-7H,8H2,1H3. The largest absolute Gasteiger partial charge is 0.485 e. The fraction of sp³-hybridized carbons (Fsp3) is 0.154. The molecule has 1 aromatic carbocycles. The molecule has 0 amide bonds. The molecular weight excluding hydrogens is 364 g/mol. The molecule has 0 aliphatic rings. The molecule has 0 radical (unpaired) electrons. The summed E-state index contributed by atoms with van der Waals surface area (Å²) in [6.07, 6.45) is 1.13. The van der Waals surface area contributed by atoms with Crippen molar-refractivity contribution in [3.05, 3.63) is 45.1 Å². The second kappa shape index (κ2) is 6.07. The van der Waals surface area contributed by atoms with Crippen molar-refractivity contribution in [2.24, 2.45) is 0 Å². The molecule has 1 heterocycles. The number of ether oxygens (including phenoxy) is 1. The lowest BCUT2D eigenvalue weighted by Crippen LogP contribution is -2.11. The molecule has 20 heavy (non-hydrogen) atoms. The summed E-state index contributed by atoms with van der Waals surface area (Å²) >= 11 is 4.61. The number of hydrogen-bond donors (Lipinski definition) is 0. The van der Waals surface area contributed by atoms with E-state index in [2.05, 4.69) is 15.9 Å². The van der Waals surface area contributed by atoms with Gasteiger partial charge in [0.1, 0.15) is 5.75 Å². The van der Waals surface area contributed by atoms with Crippen LogP contribution >= 0.6 is 27.3 Å². The van der Waals surface area contributed by atoms with Gasteiger partial charge in [0.25, 0.3) is 0 Å². The molecular formula is C13H11BrO4S2. The highest BCUT2D eigenvalue weighted by molar-refractivity contribution is 9.10. The zero-order valence-electron chi connectivity index (χ0n) is 10.5. The maximum absolute atomic E-state index is 11.9. The van der Waals surface area contributed by atoms with Gasteiger partial charge in [-0.25, -0.2) is 8.42 Å². The Balaban J connectivity index is 2.09. The second-order valence-electron chi connectivity index (χ2n) is 4.06. The van der Waals surface area contributed by atoms with E-state index in [-0.39, 0.29) is 17.3 Å². The Kier molecular flexibility index (Phi) is 4.62. The van der Waals surface area contributed by atoms with Gasteiger partial charge in [-0.3, -0.25) is 4.79 Å². The minimum atomic E-state index is -3.28. The summed E-state index contributed by atoms with van der Waals surface area (Å²) in [6.45, 7) is -0.133. The maximum Gasteiger partial charge on any atom is 0.211 e. The van der Waals surface area contributed by atoms with Gasteiger partial charge in [-0.05, 0) is 45.6 Å². The number of carbonyl (C=O) groups excluding carboxylic acids is 1. The summed E-state index contributed by atoms with van der Waals surface area (Å²) in [6, 6.07) is 7.89. The van der Waals surface area contributed by atoms with E-state index in [0.29, 0.717) is 10.6 Å². The van der Waals surface area contributed by atoms with Crippen molar-refractivity contribution in [3.63, 3.8) is 0 Å². The fourth-order valence-corrected chi connectivity index (χ4v) is 3.68. The van der Waals surface area contributed by atoms with Gasteiger partial charge in [0.15, 0.2) is 16.4 Å². The van der Waals surface area contributed by atoms with E-state index in [4.69, 9.17) is 4.74 Å². The van der Waals surface area contributed by atoms with Crippen molar-refractivity contribution < 1.29 is 17.9 Å². The molecule has 0 saturated heterocycles. The number of carbonyl (C=O) groups is 1. The second-order valence-corrected chi connectivity index (χ2v) is 7.84. The van der Waals surface area contributed by atoms with Crippen LogP contribution in [0.15, 0.2) is 45.1 Å². The van der Waals surface area contributed by atoms with Gasteiger partial charge in [0.05, 0.1) is 9.77 Å². The van der Waals surface area contributed by atoms with Crippen molar-refractivity contribution in [1.29, 1.82) is 0 Å². The summed E-state index contributed by atoms with van der Waals surface area (Å²) in [7, 11) is -3.28. The first kappa shape index (κ1) is 15.2. The maximum atomic E-state index is 11.9. The third-order valence-corrected chi connectivity index (χ3v) is 5.46. The van der Waals surface area contributed by atoms with E-state index in [0.717, 1.165) is 10.7 Å². The lowest BCUT2D eigenvalue weighted by atomic mass is 10.3. The monoisotopic (exact) mass is 374 g/mol. The van der Waals surface area contributed by atoms with Crippen LogP contribution in [0.2, 0.25) is 0 Å². The molecule has 2 rings (SSSR count). The highest BCUT2D eigenvalue weighted by atomic mass is 79.9. The van der Waals surface area contributed by atoms with E-state index in [1.54, 1.807) is 18.2 Å². The Morgan fingerprint density at radius 1 is 1.35 bits per heavy atom. The Bertz CT molecular complexity index is 734. The first-order valence-electron chi connectivity index (χ1n) is 5.57. The minimum absolute atomic E-state index is 0.133. The van der Waals surface area contributed by atoms with Crippen LogP contribution in [0.3, 0.4) is 0 Å². The zero-order valence-corrected chi connectivity index (χ0v) is 13.7. The van der Waals surface area contributed by atoms with Gasteiger partial charge >= 0.3 is 0 Å². The summed E-state index contributed by atoms with van der Waals surface area (Å²) in [5.41, 5.74) is 0. The van der Waals surface area contributed by atoms with Crippen LogP contribution in [0.5, 0.6) is 5.75 Å². The summed E-state index contributed by atoms with van der Waals surface area (Å²) in [5, 5.41) is 1.81.